The fraction of sp³-hybridized carbons (Fsp3) is 0.522. The predicted octanol–water partition coefficient (Wildman–Crippen LogP) is 4.77. The summed E-state index contributed by atoms with van der Waals surface area (Å²) in [6.45, 7) is 2.58. The Balaban J connectivity index is 1.74. The van der Waals surface area contributed by atoms with E-state index in [1.807, 2.05) is 17.0 Å². The molecule has 1 aromatic carbocycles. The molecule has 0 radical (unpaired) electrons. The molecule has 1 aliphatic carbocycles. The highest BCUT2D eigenvalue weighted by molar-refractivity contribution is 7.98. The average molecular weight is 536 g/mol. The number of hydrogen-bond acceptors (Lipinski definition) is 6. The standard InChI is InChI=1S/C23H29ClF3N3O4S/c1-15-20(21(31)29-35(2,3)32)28-22(33-15)30(13-12-16-4-8-18(24)9-5-16)14-17-6-10-19(11-7-17)34-23(25,26)27/h4-5,8-9,17,19H,2,6-7,10-14H2,1,3H3,(H,29,31,32). The number of nitrogens with zero attached hydrogens (tertiary/aromatic N) is 2. The predicted molar refractivity (Wildman–Crippen MR) is 130 cm³/mol. The number of aromatic nitrogens is 1. The van der Waals surface area contributed by atoms with E-state index in [0.717, 1.165) is 5.56 Å². The molecule has 0 saturated heterocycles. The second kappa shape index (κ2) is 11.2. The highest BCUT2D eigenvalue weighted by Gasteiger charge is 2.36. The van der Waals surface area contributed by atoms with Crippen molar-refractivity contribution in [2.75, 3.05) is 24.2 Å². The second-order valence-electron chi connectivity index (χ2n) is 8.87. The van der Waals surface area contributed by atoms with Crippen molar-refractivity contribution >= 4 is 39.1 Å². The fourth-order valence-corrected chi connectivity index (χ4v) is 4.70. The molecule has 35 heavy (non-hydrogen) atoms. The minimum atomic E-state index is -4.63. The number of alkyl halides is 3. The molecule has 1 saturated carbocycles. The first kappa shape index (κ1) is 27.3. The van der Waals surface area contributed by atoms with Crippen LogP contribution in [0.4, 0.5) is 19.2 Å². The summed E-state index contributed by atoms with van der Waals surface area (Å²) >= 11 is 5.97. The van der Waals surface area contributed by atoms with Crippen molar-refractivity contribution in [3.8, 4) is 0 Å². The highest BCUT2D eigenvalue weighted by Crippen LogP contribution is 2.32. The van der Waals surface area contributed by atoms with Crippen LogP contribution in [0, 0.1) is 12.8 Å². The number of ether oxygens (including phenoxy) is 1. The van der Waals surface area contributed by atoms with Crippen molar-refractivity contribution in [1.82, 2.24) is 9.71 Å². The van der Waals surface area contributed by atoms with Gasteiger partial charge in [0.2, 0.25) is 0 Å². The van der Waals surface area contributed by atoms with Gasteiger partial charge in [-0.15, -0.1) is 13.2 Å². The topological polar surface area (TPSA) is 84.7 Å². The van der Waals surface area contributed by atoms with Crippen molar-refractivity contribution in [1.29, 1.82) is 0 Å². The number of benzene rings is 1. The van der Waals surface area contributed by atoms with E-state index in [0.29, 0.717) is 50.2 Å². The maximum Gasteiger partial charge on any atom is 0.522 e. The van der Waals surface area contributed by atoms with Gasteiger partial charge in [0, 0.05) is 34.1 Å². The number of carbonyl (C=O) groups is 1. The minimum Gasteiger partial charge on any atom is -0.428 e. The lowest BCUT2D eigenvalue weighted by Gasteiger charge is -2.32. The van der Waals surface area contributed by atoms with Crippen molar-refractivity contribution in [3.05, 3.63) is 46.3 Å². The monoisotopic (exact) mass is 535 g/mol. The molecule has 0 bridgehead atoms. The van der Waals surface area contributed by atoms with Crippen molar-refractivity contribution in [2.45, 2.75) is 51.5 Å². The Morgan fingerprint density at radius 1 is 1.29 bits per heavy atom. The molecular weight excluding hydrogens is 507 g/mol. The zero-order valence-corrected chi connectivity index (χ0v) is 21.1. The number of nitrogens with one attached hydrogen (secondary N) is 1. The lowest BCUT2D eigenvalue weighted by atomic mass is 9.87. The molecule has 1 aromatic heterocycles. The van der Waals surface area contributed by atoms with Gasteiger partial charge in [0.25, 0.3) is 11.9 Å². The maximum absolute atomic E-state index is 12.5. The molecule has 7 nitrogen and oxygen atoms in total. The Labute approximate surface area is 208 Å². The zero-order valence-electron chi connectivity index (χ0n) is 19.6. The summed E-state index contributed by atoms with van der Waals surface area (Å²) in [5.74, 6) is 3.14. The van der Waals surface area contributed by atoms with Crippen LogP contribution in [-0.2, 0) is 20.9 Å². The van der Waals surface area contributed by atoms with Crippen LogP contribution in [0.15, 0.2) is 28.7 Å². The molecule has 1 heterocycles. The average Bonchev–Trinajstić information content (AvgIpc) is 3.13. The third-order valence-electron chi connectivity index (χ3n) is 5.74. The molecule has 194 valence electrons. The largest absolute Gasteiger partial charge is 0.522 e. The Bertz CT molecular complexity index is 1110. The second-order valence-corrected chi connectivity index (χ2v) is 11.5. The quantitative estimate of drug-likeness (QED) is 0.466. The summed E-state index contributed by atoms with van der Waals surface area (Å²) in [4.78, 5) is 18.7. The van der Waals surface area contributed by atoms with E-state index in [2.05, 4.69) is 20.3 Å². The highest BCUT2D eigenvalue weighted by atomic mass is 35.5. The van der Waals surface area contributed by atoms with E-state index in [9.17, 15) is 22.2 Å². The molecule has 1 aliphatic rings. The summed E-state index contributed by atoms with van der Waals surface area (Å²) in [6.07, 6.45) is -1.80. The Morgan fingerprint density at radius 2 is 1.91 bits per heavy atom. The number of aryl methyl sites for hydroxylation is 1. The van der Waals surface area contributed by atoms with Crippen molar-refractivity contribution < 1.29 is 31.3 Å². The van der Waals surface area contributed by atoms with Gasteiger partial charge in [-0.2, -0.15) is 4.98 Å². The van der Waals surface area contributed by atoms with Crippen LogP contribution in [0.1, 0.15) is 47.5 Å². The summed E-state index contributed by atoms with van der Waals surface area (Å²) in [5.41, 5.74) is 1.04. The molecule has 3 rings (SSSR count). The number of oxazole rings is 1. The fourth-order valence-electron chi connectivity index (χ4n) is 4.09. The summed E-state index contributed by atoms with van der Waals surface area (Å²) in [6, 6.07) is 7.63. The molecule has 1 N–H and O–H groups in total. The first-order valence-corrected chi connectivity index (χ1v) is 13.7. The van der Waals surface area contributed by atoms with Crippen LogP contribution < -0.4 is 9.62 Å². The Morgan fingerprint density at radius 3 is 2.49 bits per heavy atom. The molecular formula is C23H29ClF3N3O4S. The third-order valence-corrected chi connectivity index (χ3v) is 6.60. The third kappa shape index (κ3) is 8.73. The van der Waals surface area contributed by atoms with E-state index < -0.39 is 28.1 Å². The SMILES string of the molecule is C=S(C)(=O)NC(=O)c1nc(N(CCc2ccc(Cl)cc2)CC2CCC(OC(F)(F)F)CC2)oc1C. The van der Waals surface area contributed by atoms with Crippen LogP contribution in [0.5, 0.6) is 0 Å². The first-order valence-electron chi connectivity index (χ1n) is 11.1. The van der Waals surface area contributed by atoms with Gasteiger partial charge in [-0.05, 0) is 68.5 Å². The summed E-state index contributed by atoms with van der Waals surface area (Å²) in [7, 11) is -2.79. The lowest BCUT2D eigenvalue weighted by Crippen LogP contribution is -2.36. The molecule has 0 aliphatic heterocycles. The molecule has 1 unspecified atom stereocenters. The van der Waals surface area contributed by atoms with E-state index in [1.165, 1.54) is 6.26 Å². The van der Waals surface area contributed by atoms with Gasteiger partial charge in [0.1, 0.15) is 5.76 Å². The van der Waals surface area contributed by atoms with Crippen LogP contribution in [0.3, 0.4) is 0 Å². The smallest absolute Gasteiger partial charge is 0.428 e. The lowest BCUT2D eigenvalue weighted by molar-refractivity contribution is -0.345. The van der Waals surface area contributed by atoms with Gasteiger partial charge in [-0.3, -0.25) is 14.3 Å². The molecule has 1 fully saturated rings. The van der Waals surface area contributed by atoms with Gasteiger partial charge in [-0.1, -0.05) is 23.7 Å². The Hall–Kier alpha value is -2.24. The number of rotatable bonds is 9. The number of halogens is 4. The maximum atomic E-state index is 12.5. The van der Waals surface area contributed by atoms with Crippen molar-refractivity contribution in [2.24, 2.45) is 5.92 Å². The van der Waals surface area contributed by atoms with Crippen LogP contribution in [-0.4, -0.2) is 52.8 Å². The van der Waals surface area contributed by atoms with Crippen LogP contribution in [0.2, 0.25) is 5.02 Å². The van der Waals surface area contributed by atoms with E-state index in [-0.39, 0.29) is 23.4 Å². The van der Waals surface area contributed by atoms with Gasteiger partial charge in [0.15, 0.2) is 5.69 Å². The summed E-state index contributed by atoms with van der Waals surface area (Å²) in [5, 5.41) is 0.625. The Kier molecular flexibility index (Phi) is 8.76. The van der Waals surface area contributed by atoms with Crippen LogP contribution >= 0.6 is 11.6 Å². The molecule has 1 atom stereocenters. The number of carbonyl (C=O) groups excluding carboxylic acids is 1. The summed E-state index contributed by atoms with van der Waals surface area (Å²) < 4.78 is 61.8. The van der Waals surface area contributed by atoms with Crippen LogP contribution in [0.25, 0.3) is 0 Å². The normalized spacial score (nSPS) is 20.3. The van der Waals surface area contributed by atoms with Gasteiger partial charge in [-0.25, -0.2) is 4.21 Å². The molecule has 2 aromatic rings. The first-order chi connectivity index (χ1) is 16.3. The molecule has 1 amide bonds. The van der Waals surface area contributed by atoms with Gasteiger partial charge < -0.3 is 9.32 Å². The van der Waals surface area contributed by atoms with E-state index in [4.69, 9.17) is 16.0 Å². The molecule has 12 heteroatoms. The number of amides is 1. The number of anilines is 1. The minimum absolute atomic E-state index is 0.0111. The van der Waals surface area contributed by atoms with Gasteiger partial charge in [0.05, 0.1) is 6.10 Å². The van der Waals surface area contributed by atoms with E-state index in [1.54, 1.807) is 19.1 Å². The van der Waals surface area contributed by atoms with E-state index >= 15 is 0 Å². The molecule has 0 spiro atoms. The zero-order chi connectivity index (χ0) is 25.8. The van der Waals surface area contributed by atoms with Crippen molar-refractivity contribution in [3.63, 3.8) is 0 Å². The van der Waals surface area contributed by atoms with Gasteiger partial charge >= 0.3 is 6.36 Å². The number of hydrogen-bond donors (Lipinski definition) is 1.